The predicted molar refractivity (Wildman–Crippen MR) is 78.4 cm³/mol. The summed E-state index contributed by atoms with van der Waals surface area (Å²) in [5.41, 5.74) is 2.15. The average Bonchev–Trinajstić information content (AvgIpc) is 2.47. The van der Waals surface area contributed by atoms with Crippen LogP contribution in [0.5, 0.6) is 0 Å². The van der Waals surface area contributed by atoms with E-state index in [0.29, 0.717) is 13.0 Å². The lowest BCUT2D eigenvalue weighted by atomic mass is 10.2. The van der Waals surface area contributed by atoms with Crippen LogP contribution in [0.15, 0.2) is 71.7 Å². The molecule has 1 radical (unpaired) electrons. The van der Waals surface area contributed by atoms with Crippen molar-refractivity contribution in [2.75, 3.05) is 0 Å². The molecule has 0 aliphatic heterocycles. The van der Waals surface area contributed by atoms with Gasteiger partial charge in [-0.15, -0.1) is 0 Å². The zero-order chi connectivity index (χ0) is 13.3. The second kappa shape index (κ2) is 7.17. The molecule has 0 bridgehead atoms. The second-order valence-corrected chi connectivity index (χ2v) is 4.21. The van der Waals surface area contributed by atoms with E-state index in [1.165, 1.54) is 0 Å². The molecular weight excluding hydrogens is 234 g/mol. The van der Waals surface area contributed by atoms with Crippen LogP contribution >= 0.6 is 0 Å². The van der Waals surface area contributed by atoms with Crippen LogP contribution in [0.4, 0.5) is 0 Å². The fourth-order valence-corrected chi connectivity index (χ4v) is 1.69. The molecule has 2 heteroatoms. The Hall–Kier alpha value is -2.35. The van der Waals surface area contributed by atoms with Crippen LogP contribution in [0.25, 0.3) is 6.08 Å². The molecule has 19 heavy (non-hydrogen) atoms. The maximum atomic E-state index is 11.6. The Morgan fingerprint density at radius 2 is 1.58 bits per heavy atom. The molecule has 0 saturated carbocycles. The standard InChI is InChI=1S/C17H16NO/c19-17(18-14-16-10-5-2-6-11-16)13-7-12-15-8-3-1-4-9-15/h1-12H,13-14H2/b12-7+,18-17?. The Kier molecular flexibility index (Phi) is 4.94. The third-order valence-electron chi connectivity index (χ3n) is 2.68. The summed E-state index contributed by atoms with van der Waals surface area (Å²) < 4.78 is 0. The van der Waals surface area contributed by atoms with Crippen molar-refractivity contribution in [2.45, 2.75) is 13.0 Å². The largest absolute Gasteiger partial charge is 0.273 e. The first-order valence-corrected chi connectivity index (χ1v) is 6.30. The van der Waals surface area contributed by atoms with E-state index in [1.54, 1.807) is 0 Å². The molecule has 0 N–H and O–H groups in total. The number of nitrogens with zero attached hydrogens (tertiary/aromatic N) is 1. The molecule has 0 aliphatic carbocycles. The van der Waals surface area contributed by atoms with Crippen LogP contribution in [0.2, 0.25) is 0 Å². The summed E-state index contributed by atoms with van der Waals surface area (Å²) in [4.78, 5) is 4.04. The van der Waals surface area contributed by atoms with E-state index in [2.05, 4.69) is 4.99 Å². The number of rotatable bonds is 5. The smallest absolute Gasteiger partial charge is 0.245 e. The van der Waals surface area contributed by atoms with Crippen LogP contribution in [0.1, 0.15) is 17.5 Å². The molecule has 0 unspecified atom stereocenters. The molecule has 0 heterocycles. The van der Waals surface area contributed by atoms with Gasteiger partial charge < -0.3 is 0 Å². The van der Waals surface area contributed by atoms with Crippen molar-refractivity contribution in [3.05, 3.63) is 77.9 Å². The fraction of sp³-hybridized carbons (Fsp3) is 0.118. The third kappa shape index (κ3) is 4.80. The highest BCUT2D eigenvalue weighted by Crippen LogP contribution is 2.04. The van der Waals surface area contributed by atoms with Crippen molar-refractivity contribution < 1.29 is 5.11 Å². The highest BCUT2D eigenvalue weighted by atomic mass is 16.3. The number of benzene rings is 2. The number of aliphatic imine (C=N–C) groups is 1. The van der Waals surface area contributed by atoms with Gasteiger partial charge in [0.1, 0.15) is 0 Å². The van der Waals surface area contributed by atoms with Gasteiger partial charge in [0.25, 0.3) is 0 Å². The van der Waals surface area contributed by atoms with Gasteiger partial charge in [0.15, 0.2) is 0 Å². The van der Waals surface area contributed by atoms with E-state index >= 15 is 0 Å². The predicted octanol–water partition coefficient (Wildman–Crippen LogP) is 4.12. The first-order valence-electron chi connectivity index (χ1n) is 6.30. The maximum Gasteiger partial charge on any atom is 0.245 e. The van der Waals surface area contributed by atoms with E-state index in [4.69, 9.17) is 0 Å². The van der Waals surface area contributed by atoms with Crippen LogP contribution in [-0.2, 0) is 11.7 Å². The van der Waals surface area contributed by atoms with Gasteiger partial charge in [0, 0.05) is 6.42 Å². The van der Waals surface area contributed by atoms with Gasteiger partial charge in [-0.25, -0.2) is 4.99 Å². The van der Waals surface area contributed by atoms with Crippen molar-refractivity contribution in [1.29, 1.82) is 0 Å². The summed E-state index contributed by atoms with van der Waals surface area (Å²) in [7, 11) is 0. The summed E-state index contributed by atoms with van der Waals surface area (Å²) in [5.74, 6) is -0.0870. The molecule has 0 aromatic heterocycles. The van der Waals surface area contributed by atoms with Crippen LogP contribution in [0, 0.1) is 0 Å². The Bertz CT molecular complexity index is 544. The van der Waals surface area contributed by atoms with Crippen molar-refractivity contribution in [1.82, 2.24) is 0 Å². The summed E-state index contributed by atoms with van der Waals surface area (Å²) >= 11 is 0. The first kappa shape index (κ1) is 13.1. The molecule has 95 valence electrons. The summed E-state index contributed by atoms with van der Waals surface area (Å²) in [6.07, 6.45) is 4.14. The lowest BCUT2D eigenvalue weighted by molar-refractivity contribution is 0.414. The fourth-order valence-electron chi connectivity index (χ4n) is 1.69. The van der Waals surface area contributed by atoms with Gasteiger partial charge in [-0.3, -0.25) is 5.11 Å². The molecule has 0 aliphatic rings. The van der Waals surface area contributed by atoms with Gasteiger partial charge in [0.2, 0.25) is 5.90 Å². The van der Waals surface area contributed by atoms with Crippen LogP contribution < -0.4 is 0 Å². The molecule has 2 nitrogen and oxygen atoms in total. The van der Waals surface area contributed by atoms with Gasteiger partial charge >= 0.3 is 0 Å². The highest BCUT2D eigenvalue weighted by molar-refractivity contribution is 5.76. The summed E-state index contributed by atoms with van der Waals surface area (Å²) in [5, 5.41) is 11.6. The van der Waals surface area contributed by atoms with Crippen molar-refractivity contribution >= 4 is 12.0 Å². The lowest BCUT2D eigenvalue weighted by Gasteiger charge is -1.95. The summed E-state index contributed by atoms with van der Waals surface area (Å²) in [6, 6.07) is 19.7. The van der Waals surface area contributed by atoms with E-state index in [9.17, 15) is 5.11 Å². The van der Waals surface area contributed by atoms with Gasteiger partial charge in [0.05, 0.1) is 6.54 Å². The average molecular weight is 250 g/mol. The van der Waals surface area contributed by atoms with E-state index in [-0.39, 0.29) is 5.90 Å². The third-order valence-corrected chi connectivity index (χ3v) is 2.68. The van der Waals surface area contributed by atoms with Crippen LogP contribution in [-0.4, -0.2) is 5.90 Å². The number of hydrogen-bond acceptors (Lipinski definition) is 1. The van der Waals surface area contributed by atoms with E-state index < -0.39 is 0 Å². The van der Waals surface area contributed by atoms with E-state index in [1.807, 2.05) is 72.8 Å². The van der Waals surface area contributed by atoms with Gasteiger partial charge in [-0.05, 0) is 11.1 Å². The van der Waals surface area contributed by atoms with Crippen molar-refractivity contribution in [2.24, 2.45) is 4.99 Å². The van der Waals surface area contributed by atoms with Crippen molar-refractivity contribution in [3.63, 3.8) is 0 Å². The summed E-state index contributed by atoms with van der Waals surface area (Å²) in [6.45, 7) is 0.457. The molecule has 0 atom stereocenters. The molecular formula is C17H16NO. The molecule has 2 rings (SSSR count). The minimum absolute atomic E-state index is 0.0870. The Morgan fingerprint density at radius 1 is 0.947 bits per heavy atom. The minimum Gasteiger partial charge on any atom is -0.273 e. The Morgan fingerprint density at radius 3 is 2.26 bits per heavy atom. The minimum atomic E-state index is -0.0870. The molecule has 0 amide bonds. The maximum absolute atomic E-state index is 11.6. The highest BCUT2D eigenvalue weighted by Gasteiger charge is 1.95. The SMILES string of the molecule is [O]C(C/C=C/c1ccccc1)=NCc1ccccc1. The van der Waals surface area contributed by atoms with Gasteiger partial charge in [-0.2, -0.15) is 0 Å². The van der Waals surface area contributed by atoms with Crippen LogP contribution in [0.3, 0.4) is 0 Å². The zero-order valence-electron chi connectivity index (χ0n) is 10.7. The zero-order valence-corrected chi connectivity index (χ0v) is 10.7. The van der Waals surface area contributed by atoms with Gasteiger partial charge in [-0.1, -0.05) is 72.8 Å². The first-order chi connectivity index (χ1) is 9.34. The Labute approximate surface area is 113 Å². The molecule has 0 saturated heterocycles. The Balaban J connectivity index is 1.84. The van der Waals surface area contributed by atoms with E-state index in [0.717, 1.165) is 11.1 Å². The second-order valence-electron chi connectivity index (χ2n) is 4.21. The number of hydrogen-bond donors (Lipinski definition) is 0. The molecule has 2 aromatic carbocycles. The monoisotopic (exact) mass is 250 g/mol. The topological polar surface area (TPSA) is 32.3 Å². The molecule has 2 aromatic rings. The lowest BCUT2D eigenvalue weighted by Crippen LogP contribution is -1.93. The molecule has 0 spiro atoms. The molecule has 0 fully saturated rings. The quantitative estimate of drug-likeness (QED) is 0.565. The van der Waals surface area contributed by atoms with Crippen molar-refractivity contribution in [3.8, 4) is 0 Å². The normalized spacial score (nSPS) is 11.9.